The summed E-state index contributed by atoms with van der Waals surface area (Å²) < 4.78 is 0. The Hall–Kier alpha value is -0.160. The smallest absolute Gasteiger partial charge is 0.0110 e. The Bertz CT molecular complexity index is 273. The summed E-state index contributed by atoms with van der Waals surface area (Å²) in [6.07, 6.45) is 0. The molecule has 3 N–H and O–H groups in total. The highest BCUT2D eigenvalue weighted by Gasteiger charge is 2.13. The third kappa shape index (κ3) is 35.6. The van der Waals surface area contributed by atoms with Crippen LogP contribution in [0.25, 0.3) is 0 Å². The molecule has 0 aromatic heterocycles. The average molecular weight is 419 g/mol. The Morgan fingerprint density at radius 3 is 1.00 bits per heavy atom. The minimum atomic E-state index is 0.653. The van der Waals surface area contributed by atoms with Crippen LogP contribution in [0.4, 0.5) is 0 Å². The second kappa shape index (κ2) is 24.1. The van der Waals surface area contributed by atoms with Gasteiger partial charge in [0.15, 0.2) is 0 Å². The quantitative estimate of drug-likeness (QED) is 0.481. The lowest BCUT2D eigenvalue weighted by Gasteiger charge is -2.23. The first-order valence-electron chi connectivity index (χ1n) is 11.8. The first-order valence-corrected chi connectivity index (χ1v) is 11.8. The maximum atomic E-state index is 3.30. The predicted molar refractivity (Wildman–Crippen MR) is 138 cm³/mol. The molecule has 0 aliphatic rings. The summed E-state index contributed by atoms with van der Waals surface area (Å²) >= 11 is 0. The van der Waals surface area contributed by atoms with Crippen molar-refractivity contribution in [3.63, 3.8) is 0 Å². The SMILES string of the molecule is CC(C)CN(C)C.CNC(C(C)C)C(C)C.CNC(C)C(C)C.CNCC(C)C. The number of nitrogens with one attached hydrogen (secondary N) is 3. The lowest BCUT2D eigenvalue weighted by Crippen LogP contribution is -2.35. The maximum Gasteiger partial charge on any atom is 0.0110 e. The van der Waals surface area contributed by atoms with Gasteiger partial charge in [0, 0.05) is 12.1 Å². The van der Waals surface area contributed by atoms with Crippen molar-refractivity contribution < 1.29 is 0 Å². The highest BCUT2D eigenvalue weighted by atomic mass is 15.0. The van der Waals surface area contributed by atoms with Gasteiger partial charge in [-0.15, -0.1) is 0 Å². The van der Waals surface area contributed by atoms with Crippen molar-refractivity contribution in [3.05, 3.63) is 0 Å². The summed E-state index contributed by atoms with van der Waals surface area (Å²) in [5, 5.41) is 9.53. The van der Waals surface area contributed by atoms with Gasteiger partial charge >= 0.3 is 0 Å². The predicted octanol–water partition coefficient (Wildman–Crippen LogP) is 5.20. The minimum absolute atomic E-state index is 0.653. The van der Waals surface area contributed by atoms with Crippen molar-refractivity contribution in [1.82, 2.24) is 20.9 Å². The van der Waals surface area contributed by atoms with Gasteiger partial charge in [0.05, 0.1) is 0 Å². The monoisotopic (exact) mass is 418 g/mol. The van der Waals surface area contributed by atoms with E-state index >= 15 is 0 Å². The summed E-state index contributed by atoms with van der Waals surface area (Å²) in [5.41, 5.74) is 0. The molecule has 0 aromatic carbocycles. The van der Waals surface area contributed by atoms with Gasteiger partial charge in [-0.2, -0.15) is 0 Å². The number of hydrogen-bond donors (Lipinski definition) is 3. The van der Waals surface area contributed by atoms with Crippen LogP contribution in [0.5, 0.6) is 0 Å². The molecule has 1 atom stereocenters. The van der Waals surface area contributed by atoms with Crippen molar-refractivity contribution in [1.29, 1.82) is 0 Å². The standard InChI is InChI=1S/C8H19N.2C6H15N.C5H13N/c1-6(2)8(9-5)7(3)4;1-6(2)5-7(3)4;1-5(2)6(3)7-4;1-5(2)4-6-3/h6-9H,1-5H3;6H,5H2,1-4H3;5-7H,1-4H3;5-6H,4H2,1-3H3. The van der Waals surface area contributed by atoms with Crippen molar-refractivity contribution in [3.8, 4) is 0 Å². The lowest BCUT2D eigenvalue weighted by molar-refractivity contribution is 0.334. The molecule has 0 saturated heterocycles. The van der Waals surface area contributed by atoms with E-state index in [1.54, 1.807) is 0 Å². The highest BCUT2D eigenvalue weighted by Crippen LogP contribution is 2.10. The van der Waals surface area contributed by atoms with Crippen LogP contribution in [0, 0.1) is 29.6 Å². The zero-order valence-corrected chi connectivity index (χ0v) is 23.4. The van der Waals surface area contributed by atoms with E-state index in [4.69, 9.17) is 0 Å². The molecule has 1 unspecified atom stereocenters. The summed E-state index contributed by atoms with van der Waals surface area (Å²) in [6, 6.07) is 1.32. The summed E-state index contributed by atoms with van der Waals surface area (Å²) in [4.78, 5) is 2.20. The number of rotatable bonds is 9. The van der Waals surface area contributed by atoms with E-state index < -0.39 is 0 Å². The molecule has 4 nitrogen and oxygen atoms in total. The molecule has 0 heterocycles. The van der Waals surface area contributed by atoms with Crippen LogP contribution >= 0.6 is 0 Å². The van der Waals surface area contributed by atoms with Gasteiger partial charge in [0.2, 0.25) is 0 Å². The lowest BCUT2D eigenvalue weighted by atomic mass is 9.94. The van der Waals surface area contributed by atoms with Crippen LogP contribution in [0.3, 0.4) is 0 Å². The van der Waals surface area contributed by atoms with Crippen molar-refractivity contribution in [2.45, 2.75) is 88.2 Å². The summed E-state index contributed by atoms with van der Waals surface area (Å²) in [7, 11) is 10.2. The van der Waals surface area contributed by atoms with Gasteiger partial charge in [0.25, 0.3) is 0 Å². The molecule has 0 radical (unpaired) electrons. The van der Waals surface area contributed by atoms with Crippen LogP contribution in [-0.2, 0) is 0 Å². The topological polar surface area (TPSA) is 39.3 Å². The summed E-state index contributed by atoms with van der Waals surface area (Å²) in [6.45, 7) is 26.8. The van der Waals surface area contributed by atoms with E-state index in [1.165, 1.54) is 6.54 Å². The van der Waals surface area contributed by atoms with E-state index in [9.17, 15) is 0 Å². The maximum absolute atomic E-state index is 3.30. The zero-order valence-electron chi connectivity index (χ0n) is 23.4. The van der Waals surface area contributed by atoms with Crippen LogP contribution in [-0.4, -0.2) is 65.3 Å². The molecule has 0 fully saturated rings. The Kier molecular flexibility index (Phi) is 30.1. The zero-order chi connectivity index (χ0) is 24.2. The highest BCUT2D eigenvalue weighted by molar-refractivity contribution is 4.71. The molecule has 0 bridgehead atoms. The van der Waals surface area contributed by atoms with E-state index in [-0.39, 0.29) is 0 Å². The van der Waals surface area contributed by atoms with Gasteiger partial charge in [-0.05, 0) is 84.8 Å². The number of hydrogen-bond acceptors (Lipinski definition) is 4. The van der Waals surface area contributed by atoms with Crippen LogP contribution in [0.2, 0.25) is 0 Å². The van der Waals surface area contributed by atoms with Gasteiger partial charge in [-0.3, -0.25) is 0 Å². The molecule has 29 heavy (non-hydrogen) atoms. The normalized spacial score (nSPS) is 12.1. The first kappa shape index (κ1) is 36.2. The van der Waals surface area contributed by atoms with Crippen molar-refractivity contribution in [2.24, 2.45) is 29.6 Å². The second-order valence-corrected chi connectivity index (χ2v) is 10.2. The van der Waals surface area contributed by atoms with Gasteiger partial charge in [0.1, 0.15) is 0 Å². The summed E-state index contributed by atoms with van der Waals surface area (Å²) in [5.74, 6) is 3.83. The van der Waals surface area contributed by atoms with E-state index in [1.807, 2.05) is 21.1 Å². The minimum Gasteiger partial charge on any atom is -0.319 e. The van der Waals surface area contributed by atoms with Crippen LogP contribution < -0.4 is 16.0 Å². The fourth-order valence-corrected chi connectivity index (χ4v) is 2.91. The van der Waals surface area contributed by atoms with Gasteiger partial charge < -0.3 is 20.9 Å². The second-order valence-electron chi connectivity index (χ2n) is 10.2. The van der Waals surface area contributed by atoms with E-state index in [0.717, 1.165) is 36.1 Å². The Labute approximate surface area is 187 Å². The van der Waals surface area contributed by atoms with Gasteiger partial charge in [-0.1, -0.05) is 69.2 Å². The molecule has 4 heteroatoms. The molecule has 0 rings (SSSR count). The van der Waals surface area contributed by atoms with Crippen LogP contribution in [0.1, 0.15) is 76.2 Å². The van der Waals surface area contributed by atoms with Crippen molar-refractivity contribution >= 4 is 0 Å². The average Bonchev–Trinajstić information content (AvgIpc) is 2.54. The molecule has 0 amide bonds. The van der Waals surface area contributed by atoms with Crippen molar-refractivity contribution in [2.75, 3.05) is 48.3 Å². The largest absolute Gasteiger partial charge is 0.319 e. The third-order valence-corrected chi connectivity index (χ3v) is 4.57. The van der Waals surface area contributed by atoms with E-state index in [2.05, 4.69) is 111 Å². The fourth-order valence-electron chi connectivity index (χ4n) is 2.91. The fraction of sp³-hybridized carbons (Fsp3) is 1.00. The molecular weight excluding hydrogens is 356 g/mol. The Morgan fingerprint density at radius 1 is 0.586 bits per heavy atom. The Morgan fingerprint density at radius 2 is 1.00 bits per heavy atom. The first-order chi connectivity index (χ1) is 13.2. The molecule has 0 aliphatic carbocycles. The molecule has 0 saturated carbocycles. The molecule has 0 spiro atoms. The van der Waals surface area contributed by atoms with Gasteiger partial charge in [-0.25, -0.2) is 0 Å². The Balaban J connectivity index is -0.000000145. The molecule has 0 aliphatic heterocycles. The molecule has 0 aromatic rings. The molecular formula is C25H62N4. The third-order valence-electron chi connectivity index (χ3n) is 4.57. The van der Waals surface area contributed by atoms with E-state index in [0.29, 0.717) is 12.1 Å². The molecule has 182 valence electrons. The number of nitrogens with zero attached hydrogens (tertiary/aromatic N) is 1. The van der Waals surface area contributed by atoms with Crippen LogP contribution in [0.15, 0.2) is 0 Å².